The fraction of sp³-hybridized carbons (Fsp3) is 0.438. The highest BCUT2D eigenvalue weighted by Gasteiger charge is 2.31. The summed E-state index contributed by atoms with van der Waals surface area (Å²) in [5.74, 6) is 1.69. The number of amides is 1. The predicted octanol–water partition coefficient (Wildman–Crippen LogP) is 1.51. The highest BCUT2D eigenvalue weighted by atomic mass is 35.5. The minimum absolute atomic E-state index is 0. The first-order chi connectivity index (χ1) is 11.1. The van der Waals surface area contributed by atoms with Gasteiger partial charge in [0.05, 0.1) is 0 Å². The Kier molecular flexibility index (Phi) is 7.66. The molecule has 1 unspecified atom stereocenters. The first kappa shape index (κ1) is 21.2. The number of imidazole rings is 1. The summed E-state index contributed by atoms with van der Waals surface area (Å²) in [5.41, 5.74) is 0.657. The van der Waals surface area contributed by atoms with Gasteiger partial charge < -0.3 is 19.7 Å². The van der Waals surface area contributed by atoms with Crippen LogP contribution in [-0.2, 0) is 7.05 Å². The SMILES string of the molecule is CN(C)c1cc(C(=O)N2CCNCC2c2nccn2C)ccn1.Cl.Cl. The lowest BCUT2D eigenvalue weighted by molar-refractivity contribution is 0.0621. The number of piperazine rings is 1. The van der Waals surface area contributed by atoms with Crippen molar-refractivity contribution in [3.63, 3.8) is 0 Å². The summed E-state index contributed by atoms with van der Waals surface area (Å²) in [7, 11) is 5.78. The second kappa shape index (κ2) is 9.03. The van der Waals surface area contributed by atoms with Crippen molar-refractivity contribution >= 4 is 36.5 Å². The smallest absolute Gasteiger partial charge is 0.254 e. The summed E-state index contributed by atoms with van der Waals surface area (Å²) in [5, 5.41) is 3.35. The zero-order chi connectivity index (χ0) is 16.4. The van der Waals surface area contributed by atoms with E-state index in [2.05, 4.69) is 15.3 Å². The number of nitrogens with one attached hydrogen (secondary N) is 1. The Morgan fingerprint density at radius 3 is 2.68 bits per heavy atom. The lowest BCUT2D eigenvalue weighted by Crippen LogP contribution is -2.49. The number of carbonyl (C=O) groups is 1. The molecule has 2 aromatic heterocycles. The molecule has 0 saturated carbocycles. The van der Waals surface area contributed by atoms with Crippen molar-refractivity contribution < 1.29 is 4.79 Å². The Bertz CT molecular complexity index is 705. The molecule has 0 aromatic carbocycles. The van der Waals surface area contributed by atoms with E-state index in [0.29, 0.717) is 18.7 Å². The Balaban J connectivity index is 0.00000156. The van der Waals surface area contributed by atoms with Gasteiger partial charge in [-0.15, -0.1) is 24.8 Å². The van der Waals surface area contributed by atoms with Gasteiger partial charge >= 0.3 is 0 Å². The molecular formula is C16H24Cl2N6O. The van der Waals surface area contributed by atoms with Crippen molar-refractivity contribution in [2.75, 3.05) is 38.6 Å². The number of hydrogen-bond acceptors (Lipinski definition) is 5. The highest BCUT2D eigenvalue weighted by Crippen LogP contribution is 2.23. The summed E-state index contributed by atoms with van der Waals surface area (Å²) in [4.78, 5) is 25.5. The van der Waals surface area contributed by atoms with E-state index in [0.717, 1.165) is 18.2 Å². The molecule has 2 aromatic rings. The molecule has 1 fully saturated rings. The maximum atomic E-state index is 13.0. The van der Waals surface area contributed by atoms with Crippen molar-refractivity contribution in [3.05, 3.63) is 42.1 Å². The first-order valence-electron chi connectivity index (χ1n) is 7.70. The molecule has 25 heavy (non-hydrogen) atoms. The third kappa shape index (κ3) is 4.42. The molecule has 1 aliphatic heterocycles. The Morgan fingerprint density at radius 1 is 1.28 bits per heavy atom. The molecule has 0 aliphatic carbocycles. The second-order valence-electron chi connectivity index (χ2n) is 5.91. The van der Waals surface area contributed by atoms with Crippen molar-refractivity contribution in [2.24, 2.45) is 7.05 Å². The van der Waals surface area contributed by atoms with Gasteiger partial charge in [0.1, 0.15) is 17.7 Å². The molecule has 0 radical (unpaired) electrons. The fourth-order valence-corrected chi connectivity index (χ4v) is 2.84. The van der Waals surface area contributed by atoms with Crippen LogP contribution in [0.15, 0.2) is 30.7 Å². The molecule has 9 heteroatoms. The largest absolute Gasteiger partial charge is 0.363 e. The number of halogens is 2. The van der Waals surface area contributed by atoms with E-state index < -0.39 is 0 Å². The van der Waals surface area contributed by atoms with Gasteiger partial charge in [-0.25, -0.2) is 9.97 Å². The van der Waals surface area contributed by atoms with Gasteiger partial charge in [0.15, 0.2) is 0 Å². The number of hydrogen-bond donors (Lipinski definition) is 1. The van der Waals surface area contributed by atoms with E-state index >= 15 is 0 Å². The predicted molar refractivity (Wildman–Crippen MR) is 103 cm³/mol. The van der Waals surface area contributed by atoms with Gasteiger partial charge in [-0.2, -0.15) is 0 Å². The molecule has 1 N–H and O–H groups in total. The van der Waals surface area contributed by atoms with Gasteiger partial charge in [0.2, 0.25) is 0 Å². The quantitative estimate of drug-likeness (QED) is 0.865. The normalized spacial score (nSPS) is 16.6. The Labute approximate surface area is 160 Å². The number of anilines is 1. The monoisotopic (exact) mass is 386 g/mol. The van der Waals surface area contributed by atoms with Crippen LogP contribution in [0.4, 0.5) is 5.82 Å². The van der Waals surface area contributed by atoms with Crippen LogP contribution in [0.1, 0.15) is 22.2 Å². The van der Waals surface area contributed by atoms with Crippen LogP contribution in [0, 0.1) is 0 Å². The molecule has 7 nitrogen and oxygen atoms in total. The van der Waals surface area contributed by atoms with Gasteiger partial charge in [-0.3, -0.25) is 4.79 Å². The minimum Gasteiger partial charge on any atom is -0.363 e. The number of nitrogens with zero attached hydrogens (tertiary/aromatic N) is 5. The molecule has 3 rings (SSSR count). The van der Waals surface area contributed by atoms with Crippen LogP contribution in [0.3, 0.4) is 0 Å². The summed E-state index contributed by atoms with van der Waals surface area (Å²) >= 11 is 0. The average molecular weight is 387 g/mol. The van der Waals surface area contributed by atoms with E-state index in [1.165, 1.54) is 0 Å². The van der Waals surface area contributed by atoms with Gasteiger partial charge in [-0.1, -0.05) is 0 Å². The van der Waals surface area contributed by atoms with Crippen molar-refractivity contribution in [1.29, 1.82) is 0 Å². The number of carbonyl (C=O) groups excluding carboxylic acids is 1. The van der Waals surface area contributed by atoms with Gasteiger partial charge in [-0.05, 0) is 12.1 Å². The standard InChI is InChI=1S/C16H22N6O.2ClH/c1-20(2)14-10-12(4-5-18-14)16(23)22-9-6-17-11-13(22)15-19-7-8-21(15)3;;/h4-5,7-8,10,13,17H,6,9,11H2,1-3H3;2*1H. The third-order valence-electron chi connectivity index (χ3n) is 4.11. The molecular weight excluding hydrogens is 363 g/mol. The number of aryl methyl sites for hydroxylation is 1. The average Bonchev–Trinajstić information content (AvgIpc) is 3.00. The molecule has 1 saturated heterocycles. The summed E-state index contributed by atoms with van der Waals surface area (Å²) in [6.07, 6.45) is 5.35. The van der Waals surface area contributed by atoms with E-state index in [1.54, 1.807) is 18.5 Å². The van der Waals surface area contributed by atoms with E-state index in [4.69, 9.17) is 0 Å². The number of pyridine rings is 1. The molecule has 138 valence electrons. The molecule has 3 heterocycles. The van der Waals surface area contributed by atoms with Gasteiger partial charge in [0, 0.05) is 64.9 Å². The zero-order valence-electron chi connectivity index (χ0n) is 14.5. The maximum Gasteiger partial charge on any atom is 0.254 e. The zero-order valence-corrected chi connectivity index (χ0v) is 16.2. The lowest BCUT2D eigenvalue weighted by Gasteiger charge is -2.35. The summed E-state index contributed by atoms with van der Waals surface area (Å²) in [6.45, 7) is 2.16. The Morgan fingerprint density at radius 2 is 2.04 bits per heavy atom. The van der Waals surface area contributed by atoms with Crippen LogP contribution in [-0.4, -0.2) is 59.1 Å². The van der Waals surface area contributed by atoms with Crippen molar-refractivity contribution in [1.82, 2.24) is 24.8 Å². The first-order valence-corrected chi connectivity index (χ1v) is 7.70. The van der Waals surface area contributed by atoms with Crippen LogP contribution in [0.25, 0.3) is 0 Å². The highest BCUT2D eigenvalue weighted by molar-refractivity contribution is 5.95. The number of rotatable bonds is 3. The van der Waals surface area contributed by atoms with E-state index in [9.17, 15) is 4.79 Å². The third-order valence-corrected chi connectivity index (χ3v) is 4.11. The topological polar surface area (TPSA) is 66.3 Å². The second-order valence-corrected chi connectivity index (χ2v) is 5.91. The molecule has 0 spiro atoms. The van der Waals surface area contributed by atoms with Crippen molar-refractivity contribution in [2.45, 2.75) is 6.04 Å². The minimum atomic E-state index is -0.0628. The molecule has 0 bridgehead atoms. The van der Waals surface area contributed by atoms with Gasteiger partial charge in [0.25, 0.3) is 5.91 Å². The van der Waals surface area contributed by atoms with Crippen LogP contribution >= 0.6 is 24.8 Å². The summed E-state index contributed by atoms with van der Waals surface area (Å²) < 4.78 is 1.97. The van der Waals surface area contributed by atoms with Crippen molar-refractivity contribution in [3.8, 4) is 0 Å². The van der Waals surface area contributed by atoms with Crippen LogP contribution in [0.5, 0.6) is 0 Å². The molecule has 1 amide bonds. The fourth-order valence-electron chi connectivity index (χ4n) is 2.84. The number of aromatic nitrogens is 3. The lowest BCUT2D eigenvalue weighted by atomic mass is 10.1. The van der Waals surface area contributed by atoms with E-state index in [1.807, 2.05) is 47.8 Å². The van der Waals surface area contributed by atoms with Crippen LogP contribution in [0.2, 0.25) is 0 Å². The molecule has 1 atom stereocenters. The van der Waals surface area contributed by atoms with E-state index in [-0.39, 0.29) is 36.8 Å². The Hall–Kier alpha value is -1.83. The maximum absolute atomic E-state index is 13.0. The summed E-state index contributed by atoms with van der Waals surface area (Å²) in [6, 6.07) is 3.54. The van der Waals surface area contributed by atoms with Crippen LogP contribution < -0.4 is 10.2 Å². The molecule has 1 aliphatic rings.